The number of carbonyl (C=O) groups excluding carboxylic acids is 1. The first-order valence-electron chi connectivity index (χ1n) is 5.43. The molecule has 0 aliphatic heterocycles. The van der Waals surface area contributed by atoms with E-state index in [1.165, 1.54) is 0 Å². The van der Waals surface area contributed by atoms with Gasteiger partial charge in [0.1, 0.15) is 5.75 Å². The lowest BCUT2D eigenvalue weighted by Gasteiger charge is -2.07. The summed E-state index contributed by atoms with van der Waals surface area (Å²) in [7, 11) is 0. The van der Waals surface area contributed by atoms with E-state index in [2.05, 4.69) is 0 Å². The smallest absolute Gasteiger partial charge is 0.200 e. The third-order valence-electron chi connectivity index (χ3n) is 2.44. The van der Waals surface area contributed by atoms with Crippen molar-refractivity contribution in [1.82, 2.24) is 0 Å². The topological polar surface area (TPSA) is 52.3 Å². The highest BCUT2D eigenvalue weighted by atomic mass is 35.5. The molecule has 2 aromatic rings. The van der Waals surface area contributed by atoms with Gasteiger partial charge in [-0.05, 0) is 36.4 Å². The van der Waals surface area contributed by atoms with Gasteiger partial charge >= 0.3 is 0 Å². The van der Waals surface area contributed by atoms with Crippen LogP contribution in [0.1, 0.15) is 10.4 Å². The fourth-order valence-corrected chi connectivity index (χ4v) is 1.60. The van der Waals surface area contributed by atoms with Crippen molar-refractivity contribution in [1.29, 1.82) is 0 Å². The van der Waals surface area contributed by atoms with Crippen LogP contribution in [0.4, 0.5) is 5.69 Å². The van der Waals surface area contributed by atoms with Crippen LogP contribution in [0.2, 0.25) is 5.02 Å². The molecule has 2 rings (SSSR count). The molecule has 0 saturated carbocycles. The minimum Gasteiger partial charge on any atom is -0.483 e. The molecule has 0 atom stereocenters. The van der Waals surface area contributed by atoms with E-state index < -0.39 is 0 Å². The van der Waals surface area contributed by atoms with Crippen molar-refractivity contribution in [2.45, 2.75) is 0 Å². The highest BCUT2D eigenvalue weighted by Gasteiger charge is 2.07. The molecule has 0 amide bonds. The first-order valence-corrected chi connectivity index (χ1v) is 5.80. The summed E-state index contributed by atoms with van der Waals surface area (Å²) in [6.07, 6.45) is 0. The Bertz CT molecular complexity index is 552. The monoisotopic (exact) mass is 261 g/mol. The number of hydrogen-bond acceptors (Lipinski definition) is 3. The van der Waals surface area contributed by atoms with Crippen molar-refractivity contribution in [2.24, 2.45) is 0 Å². The van der Waals surface area contributed by atoms with E-state index in [0.29, 0.717) is 22.0 Å². The first kappa shape index (κ1) is 12.5. The molecule has 0 bridgehead atoms. The number of nitrogen functional groups attached to an aromatic ring is 1. The van der Waals surface area contributed by atoms with Crippen molar-refractivity contribution >= 4 is 23.1 Å². The Morgan fingerprint density at radius 3 is 2.44 bits per heavy atom. The average molecular weight is 262 g/mol. The van der Waals surface area contributed by atoms with Gasteiger partial charge in [0, 0.05) is 10.6 Å². The van der Waals surface area contributed by atoms with Gasteiger partial charge in [-0.25, -0.2) is 0 Å². The van der Waals surface area contributed by atoms with Gasteiger partial charge in [-0.15, -0.1) is 0 Å². The zero-order chi connectivity index (χ0) is 13.0. The highest BCUT2D eigenvalue weighted by Crippen LogP contribution is 2.20. The number of para-hydroxylation sites is 2. The Kier molecular flexibility index (Phi) is 3.85. The minimum absolute atomic E-state index is 0.0458. The minimum atomic E-state index is -0.116. The molecule has 18 heavy (non-hydrogen) atoms. The number of ether oxygens (including phenoxy) is 1. The van der Waals surface area contributed by atoms with E-state index in [-0.39, 0.29) is 12.4 Å². The summed E-state index contributed by atoms with van der Waals surface area (Å²) in [6, 6.07) is 13.7. The van der Waals surface area contributed by atoms with E-state index in [1.807, 2.05) is 6.07 Å². The summed E-state index contributed by atoms with van der Waals surface area (Å²) >= 11 is 5.75. The number of halogens is 1. The maximum Gasteiger partial charge on any atom is 0.200 e. The highest BCUT2D eigenvalue weighted by molar-refractivity contribution is 6.30. The van der Waals surface area contributed by atoms with Gasteiger partial charge in [-0.3, -0.25) is 4.79 Å². The number of Topliss-reactive ketones (excluding diaryl/α,β-unsaturated/α-hetero) is 1. The molecule has 4 heteroatoms. The fourth-order valence-electron chi connectivity index (χ4n) is 1.47. The number of carbonyl (C=O) groups is 1. The summed E-state index contributed by atoms with van der Waals surface area (Å²) < 4.78 is 5.38. The van der Waals surface area contributed by atoms with E-state index in [1.54, 1.807) is 42.5 Å². The van der Waals surface area contributed by atoms with Gasteiger partial charge in [0.2, 0.25) is 0 Å². The van der Waals surface area contributed by atoms with Crippen molar-refractivity contribution in [2.75, 3.05) is 12.3 Å². The van der Waals surface area contributed by atoms with Crippen LogP contribution in [0.15, 0.2) is 48.5 Å². The second-order valence-corrected chi connectivity index (χ2v) is 4.19. The summed E-state index contributed by atoms with van der Waals surface area (Å²) in [6.45, 7) is -0.0458. The maximum absolute atomic E-state index is 11.8. The van der Waals surface area contributed by atoms with Crippen LogP contribution in [0.25, 0.3) is 0 Å². The number of ketones is 1. The molecule has 0 unspecified atom stereocenters. The van der Waals surface area contributed by atoms with Gasteiger partial charge in [0.05, 0.1) is 5.69 Å². The Balaban J connectivity index is 2.01. The van der Waals surface area contributed by atoms with Crippen molar-refractivity contribution < 1.29 is 9.53 Å². The molecule has 0 fully saturated rings. The predicted octanol–water partition coefficient (Wildman–Crippen LogP) is 3.18. The van der Waals surface area contributed by atoms with E-state index >= 15 is 0 Å². The summed E-state index contributed by atoms with van der Waals surface area (Å²) in [5.74, 6) is 0.398. The van der Waals surface area contributed by atoms with Crippen LogP contribution in [0.3, 0.4) is 0 Å². The van der Waals surface area contributed by atoms with Gasteiger partial charge < -0.3 is 10.5 Å². The zero-order valence-electron chi connectivity index (χ0n) is 9.60. The molecule has 0 heterocycles. The third-order valence-corrected chi connectivity index (χ3v) is 2.70. The van der Waals surface area contributed by atoms with Crippen LogP contribution in [-0.4, -0.2) is 12.4 Å². The van der Waals surface area contributed by atoms with Crippen LogP contribution in [-0.2, 0) is 0 Å². The maximum atomic E-state index is 11.8. The number of anilines is 1. The Morgan fingerprint density at radius 2 is 1.78 bits per heavy atom. The lowest BCUT2D eigenvalue weighted by Crippen LogP contribution is -2.12. The Hall–Kier alpha value is -2.00. The molecule has 0 spiro atoms. The largest absolute Gasteiger partial charge is 0.483 e. The van der Waals surface area contributed by atoms with Crippen LogP contribution in [0.5, 0.6) is 5.75 Å². The normalized spacial score (nSPS) is 10.1. The molecule has 0 aliphatic carbocycles. The van der Waals surface area contributed by atoms with Gasteiger partial charge in [0.15, 0.2) is 12.4 Å². The molecule has 3 nitrogen and oxygen atoms in total. The average Bonchev–Trinajstić information content (AvgIpc) is 2.38. The Morgan fingerprint density at radius 1 is 1.11 bits per heavy atom. The SMILES string of the molecule is Nc1ccccc1OCC(=O)c1ccc(Cl)cc1. The third kappa shape index (κ3) is 3.02. The molecular formula is C14H12ClNO2. The number of hydrogen-bond donors (Lipinski definition) is 1. The molecule has 0 aromatic heterocycles. The molecule has 2 aromatic carbocycles. The summed E-state index contributed by atoms with van der Waals surface area (Å²) in [5, 5.41) is 0.597. The standard InChI is InChI=1S/C14H12ClNO2/c15-11-7-5-10(6-8-11)13(17)9-18-14-4-2-1-3-12(14)16/h1-8H,9,16H2. The first-order chi connectivity index (χ1) is 8.66. The number of rotatable bonds is 4. The van der Waals surface area contributed by atoms with E-state index in [4.69, 9.17) is 22.1 Å². The van der Waals surface area contributed by atoms with E-state index in [9.17, 15) is 4.79 Å². The lowest BCUT2D eigenvalue weighted by molar-refractivity contribution is 0.0922. The van der Waals surface area contributed by atoms with Crippen molar-refractivity contribution in [3.8, 4) is 5.75 Å². The van der Waals surface area contributed by atoms with Crippen LogP contribution < -0.4 is 10.5 Å². The van der Waals surface area contributed by atoms with Gasteiger partial charge in [-0.2, -0.15) is 0 Å². The zero-order valence-corrected chi connectivity index (χ0v) is 10.4. The van der Waals surface area contributed by atoms with Crippen LogP contribution in [0, 0.1) is 0 Å². The van der Waals surface area contributed by atoms with Crippen molar-refractivity contribution in [3.63, 3.8) is 0 Å². The predicted molar refractivity (Wildman–Crippen MR) is 72.1 cm³/mol. The fraction of sp³-hybridized carbons (Fsp3) is 0.0714. The Labute approximate surface area is 110 Å². The quantitative estimate of drug-likeness (QED) is 0.679. The van der Waals surface area contributed by atoms with Gasteiger partial charge in [-0.1, -0.05) is 23.7 Å². The van der Waals surface area contributed by atoms with Gasteiger partial charge in [0.25, 0.3) is 0 Å². The molecule has 0 saturated heterocycles. The van der Waals surface area contributed by atoms with E-state index in [0.717, 1.165) is 0 Å². The number of benzene rings is 2. The molecule has 0 aliphatic rings. The second-order valence-electron chi connectivity index (χ2n) is 3.76. The lowest BCUT2D eigenvalue weighted by atomic mass is 10.1. The summed E-state index contributed by atoms with van der Waals surface area (Å²) in [4.78, 5) is 11.8. The molecule has 92 valence electrons. The summed E-state index contributed by atoms with van der Waals surface area (Å²) in [5.41, 5.74) is 6.79. The second kappa shape index (κ2) is 5.56. The molecule has 2 N–H and O–H groups in total. The van der Waals surface area contributed by atoms with Crippen LogP contribution >= 0.6 is 11.6 Å². The number of nitrogens with two attached hydrogens (primary N) is 1. The molecule has 0 radical (unpaired) electrons. The van der Waals surface area contributed by atoms with Crippen molar-refractivity contribution in [3.05, 3.63) is 59.1 Å². The molecular weight excluding hydrogens is 250 g/mol.